The summed E-state index contributed by atoms with van der Waals surface area (Å²) in [6.45, 7) is 4.11. The van der Waals surface area contributed by atoms with Crippen molar-refractivity contribution < 1.29 is 8.42 Å². The number of nitrogens with one attached hydrogen (secondary N) is 1. The van der Waals surface area contributed by atoms with Gasteiger partial charge in [-0.2, -0.15) is 0 Å². The first-order chi connectivity index (χ1) is 9.27. The van der Waals surface area contributed by atoms with Crippen LogP contribution in [0, 0.1) is 0 Å². The van der Waals surface area contributed by atoms with E-state index < -0.39 is 10.0 Å². The van der Waals surface area contributed by atoms with E-state index in [4.69, 9.17) is 11.6 Å². The molecule has 0 saturated heterocycles. The van der Waals surface area contributed by atoms with Crippen LogP contribution in [0.5, 0.6) is 0 Å². The summed E-state index contributed by atoms with van der Waals surface area (Å²) < 4.78 is 25.9. The molecule has 6 heteroatoms. The van der Waals surface area contributed by atoms with Gasteiger partial charge in [0.1, 0.15) is 4.90 Å². The summed E-state index contributed by atoms with van der Waals surface area (Å²) in [6, 6.07) is 6.97. The largest absolute Gasteiger partial charge is 0.379 e. The van der Waals surface area contributed by atoms with E-state index in [0.29, 0.717) is 16.5 Å². The molecule has 0 amide bonds. The Bertz CT molecular complexity index is 546. The fourth-order valence-corrected chi connectivity index (χ4v) is 3.31. The number of hydrogen-bond acceptors (Lipinski definition) is 3. The highest BCUT2D eigenvalue weighted by Crippen LogP contribution is 2.28. The lowest BCUT2D eigenvalue weighted by Crippen LogP contribution is -2.35. The number of benzene rings is 1. The fourth-order valence-electron chi connectivity index (χ4n) is 1.85. The molecule has 0 aliphatic rings. The number of hydrogen-bond donors (Lipinski definition) is 1. The number of rotatable bonds is 7. The minimum Gasteiger partial charge on any atom is -0.379 e. The van der Waals surface area contributed by atoms with Crippen molar-refractivity contribution in [1.29, 1.82) is 0 Å². The zero-order valence-electron chi connectivity index (χ0n) is 12.5. The average Bonchev–Trinajstić information content (AvgIpc) is 2.39. The molecule has 0 heterocycles. The maximum Gasteiger partial charge on any atom is 0.244 e. The molecule has 4 nitrogen and oxygen atoms in total. The predicted octanol–water partition coefficient (Wildman–Crippen LogP) is 3.15. The number of halogens is 1. The fraction of sp³-hybridized carbons (Fsp3) is 0.571. The standard InChI is InChI=1S/C14H23ClN2O2S/c1-5-14(2,10-11-15)16-12-8-6-7-9-13(12)20(18,19)17(3)4/h6-9,16H,5,10-11H2,1-4H3. The van der Waals surface area contributed by atoms with Crippen LogP contribution >= 0.6 is 11.6 Å². The van der Waals surface area contributed by atoms with Gasteiger partial charge in [-0.05, 0) is 31.9 Å². The van der Waals surface area contributed by atoms with Crippen molar-refractivity contribution in [3.8, 4) is 0 Å². The lowest BCUT2D eigenvalue weighted by Gasteiger charge is -2.31. The van der Waals surface area contributed by atoms with E-state index in [9.17, 15) is 8.42 Å². The number of nitrogens with zero attached hydrogens (tertiary/aromatic N) is 1. The van der Waals surface area contributed by atoms with E-state index in [1.165, 1.54) is 18.4 Å². The molecule has 0 aliphatic carbocycles. The van der Waals surface area contributed by atoms with Crippen LogP contribution in [0.25, 0.3) is 0 Å². The molecule has 0 bridgehead atoms. The lowest BCUT2D eigenvalue weighted by atomic mass is 9.95. The third-order valence-corrected chi connectivity index (χ3v) is 5.57. The molecule has 114 valence electrons. The van der Waals surface area contributed by atoms with Gasteiger partial charge in [0.05, 0.1) is 5.69 Å². The molecule has 0 radical (unpaired) electrons. The van der Waals surface area contributed by atoms with Gasteiger partial charge >= 0.3 is 0 Å². The molecule has 1 aromatic carbocycles. The van der Waals surface area contributed by atoms with Crippen molar-refractivity contribution in [3.63, 3.8) is 0 Å². The Morgan fingerprint density at radius 2 is 1.90 bits per heavy atom. The van der Waals surface area contributed by atoms with Gasteiger partial charge in [0, 0.05) is 25.5 Å². The van der Waals surface area contributed by atoms with Crippen LogP contribution < -0.4 is 5.32 Å². The van der Waals surface area contributed by atoms with Gasteiger partial charge in [0.2, 0.25) is 10.0 Å². The van der Waals surface area contributed by atoms with Gasteiger partial charge in [-0.3, -0.25) is 0 Å². The number of sulfonamides is 1. The second-order valence-electron chi connectivity index (χ2n) is 5.26. The minimum absolute atomic E-state index is 0.223. The third kappa shape index (κ3) is 3.87. The molecule has 0 aliphatic heterocycles. The average molecular weight is 319 g/mol. The predicted molar refractivity (Wildman–Crippen MR) is 85.0 cm³/mol. The van der Waals surface area contributed by atoms with Crippen LogP contribution in [0.1, 0.15) is 26.7 Å². The van der Waals surface area contributed by atoms with Crippen molar-refractivity contribution in [2.45, 2.75) is 37.1 Å². The first kappa shape index (κ1) is 17.3. The van der Waals surface area contributed by atoms with Gasteiger partial charge < -0.3 is 5.32 Å². The van der Waals surface area contributed by atoms with Crippen LogP contribution in [0.4, 0.5) is 5.69 Å². The molecule has 1 unspecified atom stereocenters. The molecule has 0 saturated carbocycles. The molecule has 1 aromatic rings. The van der Waals surface area contributed by atoms with Crippen LogP contribution in [-0.2, 0) is 10.0 Å². The van der Waals surface area contributed by atoms with Crippen molar-refractivity contribution in [2.24, 2.45) is 0 Å². The summed E-state index contributed by atoms with van der Waals surface area (Å²) in [5, 5.41) is 3.35. The van der Waals surface area contributed by atoms with Crippen molar-refractivity contribution in [1.82, 2.24) is 4.31 Å². The zero-order valence-corrected chi connectivity index (χ0v) is 14.1. The Morgan fingerprint density at radius 3 is 2.40 bits per heavy atom. The van der Waals surface area contributed by atoms with Crippen LogP contribution in [0.3, 0.4) is 0 Å². The van der Waals surface area contributed by atoms with Crippen LogP contribution in [0.2, 0.25) is 0 Å². The van der Waals surface area contributed by atoms with E-state index in [0.717, 1.165) is 12.8 Å². The van der Waals surface area contributed by atoms with Crippen molar-refractivity contribution in [2.75, 3.05) is 25.3 Å². The molecule has 1 N–H and O–H groups in total. The summed E-state index contributed by atoms with van der Waals surface area (Å²) in [5.41, 5.74) is 0.398. The maximum atomic E-state index is 12.3. The molecular weight excluding hydrogens is 296 g/mol. The molecule has 0 fully saturated rings. The van der Waals surface area contributed by atoms with Gasteiger partial charge in [-0.25, -0.2) is 12.7 Å². The minimum atomic E-state index is -3.47. The summed E-state index contributed by atoms with van der Waals surface area (Å²) in [4.78, 5) is 0.291. The van der Waals surface area contributed by atoms with Crippen LogP contribution in [-0.4, -0.2) is 38.2 Å². The highest BCUT2D eigenvalue weighted by Gasteiger charge is 2.26. The molecular formula is C14H23ClN2O2S. The van der Waals surface area contributed by atoms with E-state index in [1.54, 1.807) is 18.2 Å². The third-order valence-electron chi connectivity index (χ3n) is 3.51. The van der Waals surface area contributed by atoms with E-state index in [-0.39, 0.29) is 5.54 Å². The van der Waals surface area contributed by atoms with Crippen LogP contribution in [0.15, 0.2) is 29.2 Å². The number of anilines is 1. The summed E-state index contributed by atoms with van der Waals surface area (Å²) >= 11 is 5.84. The summed E-state index contributed by atoms with van der Waals surface area (Å²) in [6.07, 6.45) is 1.62. The van der Waals surface area contributed by atoms with Gasteiger partial charge in [-0.15, -0.1) is 11.6 Å². The topological polar surface area (TPSA) is 49.4 Å². The quantitative estimate of drug-likeness (QED) is 0.786. The summed E-state index contributed by atoms with van der Waals surface area (Å²) in [7, 11) is -0.402. The van der Waals surface area contributed by atoms with E-state index in [2.05, 4.69) is 19.2 Å². The Hall–Kier alpha value is -0.780. The smallest absolute Gasteiger partial charge is 0.244 e. The van der Waals surface area contributed by atoms with E-state index >= 15 is 0 Å². The SMILES string of the molecule is CCC(C)(CCCl)Nc1ccccc1S(=O)(=O)N(C)C. The lowest BCUT2D eigenvalue weighted by molar-refractivity contribution is 0.478. The second kappa shape index (κ2) is 6.78. The Balaban J connectivity index is 3.21. The maximum absolute atomic E-state index is 12.3. The first-order valence-corrected chi connectivity index (χ1v) is 8.60. The van der Waals surface area contributed by atoms with Gasteiger partial charge in [-0.1, -0.05) is 19.1 Å². The highest BCUT2D eigenvalue weighted by molar-refractivity contribution is 7.89. The monoisotopic (exact) mass is 318 g/mol. The number of alkyl halides is 1. The molecule has 0 spiro atoms. The normalized spacial score (nSPS) is 15.1. The Kier molecular flexibility index (Phi) is 5.86. The van der Waals surface area contributed by atoms with E-state index in [1.807, 2.05) is 6.07 Å². The van der Waals surface area contributed by atoms with Crippen molar-refractivity contribution in [3.05, 3.63) is 24.3 Å². The zero-order chi connectivity index (χ0) is 15.4. The van der Waals surface area contributed by atoms with Crippen molar-refractivity contribution >= 4 is 27.3 Å². The van der Waals surface area contributed by atoms with Gasteiger partial charge in [0.15, 0.2) is 0 Å². The number of para-hydroxylation sites is 1. The molecule has 20 heavy (non-hydrogen) atoms. The second-order valence-corrected chi connectivity index (χ2v) is 7.76. The first-order valence-electron chi connectivity index (χ1n) is 6.62. The molecule has 1 atom stereocenters. The Morgan fingerprint density at radius 1 is 1.30 bits per heavy atom. The molecule has 0 aromatic heterocycles. The Labute approximate surface area is 127 Å². The molecule has 1 rings (SSSR count). The van der Waals surface area contributed by atoms with Gasteiger partial charge in [0.25, 0.3) is 0 Å². The summed E-state index contributed by atoms with van der Waals surface area (Å²) in [5.74, 6) is 0.528. The highest BCUT2D eigenvalue weighted by atomic mass is 35.5.